The molecule has 2 aromatic heterocycles. The van der Waals surface area contributed by atoms with Crippen molar-refractivity contribution < 1.29 is 23.7 Å². The zero-order valence-electron chi connectivity index (χ0n) is 24.2. The van der Waals surface area contributed by atoms with Crippen LogP contribution >= 0.6 is 13.5 Å². The lowest BCUT2D eigenvalue weighted by atomic mass is 9.79. The van der Waals surface area contributed by atoms with Crippen molar-refractivity contribution in [1.29, 1.82) is 0 Å². The maximum Gasteiger partial charge on any atom is 0.343 e. The Labute approximate surface area is 238 Å². The Kier molecular flexibility index (Phi) is 10.5. The van der Waals surface area contributed by atoms with Crippen LogP contribution in [0.15, 0.2) is 17.1 Å². The number of esters is 1. The molecule has 0 saturated heterocycles. The Hall–Kier alpha value is -2.52. The fourth-order valence-corrected chi connectivity index (χ4v) is 4.98. The molecule has 0 spiro atoms. The van der Waals surface area contributed by atoms with Gasteiger partial charge in [0, 0.05) is 38.3 Å². The number of methoxy groups -OCH3 is 1. The third kappa shape index (κ3) is 6.80. The molecule has 1 fully saturated rings. The van der Waals surface area contributed by atoms with Gasteiger partial charge in [0.25, 0.3) is 0 Å². The van der Waals surface area contributed by atoms with E-state index in [1.54, 1.807) is 20.2 Å². The van der Waals surface area contributed by atoms with Gasteiger partial charge in [-0.1, -0.05) is 34.1 Å². The highest BCUT2D eigenvalue weighted by Crippen LogP contribution is 2.49. The van der Waals surface area contributed by atoms with E-state index < -0.39 is 11.4 Å². The molecule has 8 nitrogen and oxygen atoms in total. The lowest BCUT2D eigenvalue weighted by molar-refractivity contribution is 0.0522. The summed E-state index contributed by atoms with van der Waals surface area (Å²) >= 11 is 0. The summed E-state index contributed by atoms with van der Waals surface area (Å²) < 4.78 is 24.9. The Morgan fingerprint density at radius 1 is 1.10 bits per heavy atom. The highest BCUT2D eigenvalue weighted by atomic mass is 32.1. The number of hydrogen-bond acceptors (Lipinski definition) is 7. The highest BCUT2D eigenvalue weighted by molar-refractivity contribution is 7.59. The number of fused-ring (bicyclic) bond motifs is 3. The van der Waals surface area contributed by atoms with Crippen molar-refractivity contribution in [2.45, 2.75) is 85.1 Å². The van der Waals surface area contributed by atoms with Crippen LogP contribution in [0.4, 0.5) is 0 Å². The van der Waals surface area contributed by atoms with Gasteiger partial charge in [-0.2, -0.15) is 13.5 Å². The van der Waals surface area contributed by atoms with Gasteiger partial charge in [-0.25, -0.2) is 9.78 Å². The molecule has 39 heavy (non-hydrogen) atoms. The van der Waals surface area contributed by atoms with E-state index in [4.69, 9.17) is 23.9 Å². The van der Waals surface area contributed by atoms with Crippen molar-refractivity contribution in [3.8, 4) is 22.9 Å². The summed E-state index contributed by atoms with van der Waals surface area (Å²) in [6.07, 6.45) is 7.01. The van der Waals surface area contributed by atoms with Gasteiger partial charge < -0.3 is 23.5 Å². The second-order valence-electron chi connectivity index (χ2n) is 11.3. The molecular formula is C30H44N2O6S. The zero-order chi connectivity index (χ0) is 27.4. The van der Waals surface area contributed by atoms with E-state index >= 15 is 0 Å². The minimum absolute atomic E-state index is 0. The van der Waals surface area contributed by atoms with Gasteiger partial charge in [0.15, 0.2) is 5.75 Å². The fraction of sp³-hybridized carbons (Fsp3) is 0.633. The molecule has 2 aliphatic rings. The van der Waals surface area contributed by atoms with Gasteiger partial charge >= 0.3 is 5.97 Å². The molecule has 0 unspecified atom stereocenters. The monoisotopic (exact) mass is 560 g/mol. The van der Waals surface area contributed by atoms with Crippen molar-refractivity contribution in [3.05, 3.63) is 39.3 Å². The summed E-state index contributed by atoms with van der Waals surface area (Å²) in [6.45, 7) is 12.1. The highest BCUT2D eigenvalue weighted by Gasteiger charge is 2.39. The summed E-state index contributed by atoms with van der Waals surface area (Å²) in [7, 11) is 1.69. The van der Waals surface area contributed by atoms with Crippen LogP contribution in [0, 0.1) is 5.41 Å². The van der Waals surface area contributed by atoms with Crippen LogP contribution in [0.3, 0.4) is 0 Å². The third-order valence-electron chi connectivity index (χ3n) is 7.21. The van der Waals surface area contributed by atoms with E-state index in [2.05, 4.69) is 33.8 Å². The maximum absolute atomic E-state index is 13.7. The first kappa shape index (κ1) is 31.0. The second kappa shape index (κ2) is 13.2. The molecule has 1 aliphatic heterocycles. The summed E-state index contributed by atoms with van der Waals surface area (Å²) in [5.41, 5.74) is 2.73. The number of aromatic nitrogens is 2. The average Bonchev–Trinajstić information content (AvgIpc) is 3.71. The number of pyridine rings is 2. The van der Waals surface area contributed by atoms with Gasteiger partial charge in [-0.05, 0) is 49.7 Å². The van der Waals surface area contributed by atoms with E-state index in [9.17, 15) is 9.59 Å². The number of nitrogens with zero attached hydrogens (tertiary/aromatic N) is 2. The van der Waals surface area contributed by atoms with Crippen LogP contribution in [0.25, 0.3) is 11.4 Å². The van der Waals surface area contributed by atoms with Gasteiger partial charge in [0.05, 0.1) is 31.2 Å². The molecule has 9 heteroatoms. The number of hydrogen-bond donors (Lipinski definition) is 0. The topological polar surface area (TPSA) is 88.9 Å². The first-order valence-corrected chi connectivity index (χ1v) is 14.0. The maximum atomic E-state index is 13.7. The lowest BCUT2D eigenvalue weighted by Gasteiger charge is -2.39. The first-order valence-electron chi connectivity index (χ1n) is 14.0. The molecule has 3 heterocycles. The minimum Gasteiger partial charge on any atom is -0.492 e. The standard InChI is InChI=1S/C30H42N2O6.H2S/c1-7-9-14-38-28-26-25-20(16-22(37-15-10-13-35-6)24(31-25)19-11-12-19)17-23(30(3,4)5)32(26)18-21(27(28)33)29(34)36-8-2;/h16,18-19,23H,7-15,17H2,1-6H3;1H2/t23-;/m0./s1. The lowest BCUT2D eigenvalue weighted by Crippen LogP contribution is -2.34. The van der Waals surface area contributed by atoms with Crippen LogP contribution in [-0.4, -0.2) is 49.1 Å². The molecule has 0 radical (unpaired) electrons. The van der Waals surface area contributed by atoms with Crippen molar-refractivity contribution >= 4 is 19.5 Å². The molecule has 0 bridgehead atoms. The molecule has 1 saturated carbocycles. The van der Waals surface area contributed by atoms with Crippen LogP contribution in [0.2, 0.25) is 0 Å². The van der Waals surface area contributed by atoms with E-state index in [-0.39, 0.29) is 42.9 Å². The molecule has 0 amide bonds. The van der Waals surface area contributed by atoms with Crippen molar-refractivity contribution in [2.75, 3.05) is 33.5 Å². The SMILES string of the molecule is CCCCOc1c2n(cc(C(=O)OCC)c1=O)[C@H](C(C)(C)C)Cc1cc(OCCCOC)c(C3CC3)nc1-2.S. The summed E-state index contributed by atoms with van der Waals surface area (Å²) in [4.78, 5) is 31.7. The summed E-state index contributed by atoms with van der Waals surface area (Å²) in [5, 5.41) is 0. The number of ether oxygens (including phenoxy) is 4. The van der Waals surface area contributed by atoms with Crippen LogP contribution in [0.5, 0.6) is 11.5 Å². The smallest absolute Gasteiger partial charge is 0.343 e. The van der Waals surface area contributed by atoms with E-state index in [0.29, 0.717) is 37.9 Å². The largest absolute Gasteiger partial charge is 0.492 e. The van der Waals surface area contributed by atoms with Gasteiger partial charge in [-0.3, -0.25) is 4.79 Å². The third-order valence-corrected chi connectivity index (χ3v) is 7.21. The van der Waals surface area contributed by atoms with E-state index in [1.165, 1.54) is 0 Å². The molecule has 0 aromatic carbocycles. The molecular weight excluding hydrogens is 516 g/mol. The molecule has 216 valence electrons. The quantitative estimate of drug-likeness (QED) is 0.239. The molecule has 0 N–H and O–H groups in total. The Balaban J connectivity index is 0.00000420. The number of unbranched alkanes of at least 4 members (excludes halogenated alkanes) is 1. The summed E-state index contributed by atoms with van der Waals surface area (Å²) in [5.74, 6) is 0.726. The van der Waals surface area contributed by atoms with Crippen LogP contribution in [0.1, 0.15) is 100 Å². The zero-order valence-corrected chi connectivity index (χ0v) is 25.2. The Morgan fingerprint density at radius 2 is 1.82 bits per heavy atom. The number of rotatable bonds is 12. The first-order chi connectivity index (χ1) is 18.2. The normalized spacial score (nSPS) is 16.1. The van der Waals surface area contributed by atoms with Crippen LogP contribution in [-0.2, 0) is 15.9 Å². The average molecular weight is 561 g/mol. The Bertz CT molecular complexity index is 1220. The van der Waals surface area contributed by atoms with E-state index in [0.717, 1.165) is 54.8 Å². The predicted octanol–water partition coefficient (Wildman–Crippen LogP) is 5.81. The summed E-state index contributed by atoms with van der Waals surface area (Å²) in [6, 6.07) is 2.08. The minimum atomic E-state index is -0.627. The van der Waals surface area contributed by atoms with Crippen LogP contribution < -0.4 is 14.9 Å². The van der Waals surface area contributed by atoms with Crippen molar-refractivity contribution in [2.24, 2.45) is 5.41 Å². The van der Waals surface area contributed by atoms with E-state index in [1.807, 2.05) is 4.57 Å². The number of carbonyl (C=O) groups excluding carboxylic acids is 1. The van der Waals surface area contributed by atoms with Gasteiger partial charge in [0.1, 0.15) is 17.0 Å². The van der Waals surface area contributed by atoms with Gasteiger partial charge in [0.2, 0.25) is 5.43 Å². The number of carbonyl (C=O) groups is 1. The predicted molar refractivity (Wildman–Crippen MR) is 157 cm³/mol. The van der Waals surface area contributed by atoms with Gasteiger partial charge in [-0.15, -0.1) is 0 Å². The Morgan fingerprint density at radius 3 is 2.44 bits per heavy atom. The van der Waals surface area contributed by atoms with Crippen molar-refractivity contribution in [3.63, 3.8) is 0 Å². The fourth-order valence-electron chi connectivity index (χ4n) is 4.98. The van der Waals surface area contributed by atoms with Crippen molar-refractivity contribution in [1.82, 2.24) is 9.55 Å². The molecule has 4 rings (SSSR count). The molecule has 1 aliphatic carbocycles. The molecule has 2 aromatic rings. The second-order valence-corrected chi connectivity index (χ2v) is 11.3. The molecule has 1 atom stereocenters.